The Kier molecular flexibility index (Phi) is 4.58. The van der Waals surface area contributed by atoms with Gasteiger partial charge in [0.25, 0.3) is 0 Å². The summed E-state index contributed by atoms with van der Waals surface area (Å²) in [6, 6.07) is 5.09. The highest BCUT2D eigenvalue weighted by atomic mass is 16.3. The predicted molar refractivity (Wildman–Crippen MR) is 105 cm³/mol. The van der Waals surface area contributed by atoms with Crippen LogP contribution >= 0.6 is 0 Å². The minimum Gasteiger partial charge on any atom is -0.391 e. The van der Waals surface area contributed by atoms with Crippen molar-refractivity contribution in [3.63, 3.8) is 0 Å². The number of fused-ring (bicyclic) bond motifs is 1. The number of H-pyrrole nitrogens is 1. The van der Waals surface area contributed by atoms with Crippen LogP contribution in [0.1, 0.15) is 36.2 Å². The van der Waals surface area contributed by atoms with Gasteiger partial charge in [-0.25, -0.2) is 0 Å². The zero-order chi connectivity index (χ0) is 20.0. The van der Waals surface area contributed by atoms with E-state index in [1.807, 2.05) is 19.9 Å². The number of β-amino-alcohol motifs (C(OH)–C–C–N with tert-alkyl or cyclic N) is 1. The molecule has 2 aliphatic heterocycles. The Bertz CT molecular complexity index is 909. The first kappa shape index (κ1) is 18.5. The van der Waals surface area contributed by atoms with Crippen LogP contribution in [0, 0.1) is 0 Å². The molecule has 148 valence electrons. The van der Waals surface area contributed by atoms with Gasteiger partial charge in [0, 0.05) is 42.9 Å². The van der Waals surface area contributed by atoms with E-state index in [-0.39, 0.29) is 18.0 Å². The summed E-state index contributed by atoms with van der Waals surface area (Å²) in [6.07, 6.45) is 2.31. The summed E-state index contributed by atoms with van der Waals surface area (Å²) in [5.74, 6) is -0.491. The number of carbonyl (C=O) groups excluding carboxylic acids is 2. The van der Waals surface area contributed by atoms with Crippen LogP contribution in [0.15, 0.2) is 24.4 Å². The summed E-state index contributed by atoms with van der Waals surface area (Å²) in [6.45, 7) is 5.04. The van der Waals surface area contributed by atoms with E-state index in [2.05, 4.69) is 15.1 Å². The highest BCUT2D eigenvalue weighted by Gasteiger charge is 2.41. The average Bonchev–Trinajstić information content (AvgIpc) is 3.38. The Balaban J connectivity index is 1.80. The minimum absolute atomic E-state index is 0.0117. The molecule has 4 N–H and O–H groups in total. The van der Waals surface area contributed by atoms with E-state index in [0.29, 0.717) is 31.5 Å². The van der Waals surface area contributed by atoms with E-state index < -0.39 is 12.0 Å². The monoisotopic (exact) mass is 383 g/mol. The van der Waals surface area contributed by atoms with Gasteiger partial charge in [-0.3, -0.25) is 14.7 Å². The maximum atomic E-state index is 13.3. The van der Waals surface area contributed by atoms with Gasteiger partial charge in [0.1, 0.15) is 6.04 Å². The highest BCUT2D eigenvalue weighted by Crippen LogP contribution is 2.42. The molecule has 2 atom stereocenters. The van der Waals surface area contributed by atoms with Crippen LogP contribution in [-0.4, -0.2) is 63.3 Å². The summed E-state index contributed by atoms with van der Waals surface area (Å²) >= 11 is 0. The molecule has 1 aromatic carbocycles. The minimum atomic E-state index is -0.503. The van der Waals surface area contributed by atoms with E-state index in [0.717, 1.165) is 22.5 Å². The lowest BCUT2D eigenvalue weighted by molar-refractivity contribution is -0.131. The quantitative estimate of drug-likeness (QED) is 0.726. The second-order valence-corrected chi connectivity index (χ2v) is 7.81. The molecule has 4 rings (SSSR count). The van der Waals surface area contributed by atoms with Gasteiger partial charge in [-0.05, 0) is 44.0 Å². The fourth-order valence-electron chi connectivity index (χ4n) is 4.35. The second-order valence-electron chi connectivity index (χ2n) is 7.81. The topological polar surface area (TPSA) is 116 Å². The van der Waals surface area contributed by atoms with Crippen molar-refractivity contribution < 1.29 is 14.7 Å². The van der Waals surface area contributed by atoms with Gasteiger partial charge >= 0.3 is 0 Å². The predicted octanol–water partition coefficient (Wildman–Crippen LogP) is 0.908. The molecule has 2 aliphatic rings. The standard InChI is InChI=1S/C20H25N5O3/c1-11(2)25-17(20(28)24-6-4-14(26)10-24)9-12-7-13(19(21)27)8-15(18(12)25)16-3-5-22-23-16/h3,5,7-8,11,14,17,26H,4,6,9-10H2,1-2H3,(H2,21,27)(H,22,23). The smallest absolute Gasteiger partial charge is 0.248 e. The van der Waals surface area contributed by atoms with E-state index in [1.165, 1.54) is 0 Å². The molecule has 2 amide bonds. The number of nitrogens with two attached hydrogens (primary N) is 1. The molecule has 1 aromatic heterocycles. The molecule has 0 spiro atoms. The average molecular weight is 383 g/mol. The van der Waals surface area contributed by atoms with Crippen molar-refractivity contribution in [1.29, 1.82) is 0 Å². The maximum Gasteiger partial charge on any atom is 0.248 e. The third-order valence-electron chi connectivity index (χ3n) is 5.59. The molecule has 0 bridgehead atoms. The number of rotatable bonds is 4. The molecule has 0 saturated carbocycles. The number of anilines is 1. The first-order chi connectivity index (χ1) is 13.4. The Morgan fingerprint density at radius 3 is 2.71 bits per heavy atom. The first-order valence-electron chi connectivity index (χ1n) is 9.58. The van der Waals surface area contributed by atoms with Crippen molar-refractivity contribution in [2.45, 2.75) is 44.9 Å². The fourth-order valence-corrected chi connectivity index (χ4v) is 4.35. The lowest BCUT2D eigenvalue weighted by Gasteiger charge is -2.34. The van der Waals surface area contributed by atoms with Gasteiger partial charge in [0.05, 0.1) is 17.5 Å². The lowest BCUT2D eigenvalue weighted by Crippen LogP contribution is -2.49. The first-order valence-corrected chi connectivity index (χ1v) is 9.58. The number of aromatic amines is 1. The summed E-state index contributed by atoms with van der Waals surface area (Å²) in [4.78, 5) is 29.0. The number of hydrogen-bond acceptors (Lipinski definition) is 5. The molecule has 1 saturated heterocycles. The Morgan fingerprint density at radius 1 is 1.36 bits per heavy atom. The number of amides is 2. The molecule has 2 unspecified atom stereocenters. The van der Waals surface area contributed by atoms with Gasteiger partial charge in [-0.15, -0.1) is 0 Å². The molecule has 8 nitrogen and oxygen atoms in total. The number of nitrogens with zero attached hydrogens (tertiary/aromatic N) is 3. The third kappa shape index (κ3) is 3.03. The number of nitrogens with one attached hydrogen (secondary N) is 1. The van der Waals surface area contributed by atoms with Gasteiger partial charge in [-0.2, -0.15) is 5.10 Å². The number of likely N-dealkylation sites (tertiary alicyclic amines) is 1. The van der Waals surface area contributed by atoms with Crippen LogP contribution in [0.5, 0.6) is 0 Å². The van der Waals surface area contributed by atoms with Crippen LogP contribution in [0.2, 0.25) is 0 Å². The number of primary amides is 1. The molecule has 8 heteroatoms. The largest absolute Gasteiger partial charge is 0.391 e. The van der Waals surface area contributed by atoms with Crippen LogP contribution in [0.4, 0.5) is 5.69 Å². The fraction of sp³-hybridized carbons (Fsp3) is 0.450. The van der Waals surface area contributed by atoms with E-state index in [1.54, 1.807) is 23.2 Å². The third-order valence-corrected chi connectivity index (χ3v) is 5.59. The zero-order valence-corrected chi connectivity index (χ0v) is 16.1. The number of aliphatic hydroxyl groups is 1. The Hall–Kier alpha value is -2.87. The highest BCUT2D eigenvalue weighted by molar-refractivity contribution is 5.99. The second kappa shape index (κ2) is 6.94. The van der Waals surface area contributed by atoms with Crippen LogP contribution < -0.4 is 10.6 Å². The number of aliphatic hydroxyl groups excluding tert-OH is 1. The van der Waals surface area contributed by atoms with Crippen molar-refractivity contribution in [3.8, 4) is 11.3 Å². The Morgan fingerprint density at radius 2 is 2.14 bits per heavy atom. The van der Waals surface area contributed by atoms with Crippen LogP contribution in [-0.2, 0) is 11.2 Å². The Labute approximate surface area is 163 Å². The summed E-state index contributed by atoms with van der Waals surface area (Å²) in [5.41, 5.74) is 9.41. The van der Waals surface area contributed by atoms with E-state index in [4.69, 9.17) is 5.73 Å². The molecule has 28 heavy (non-hydrogen) atoms. The number of aromatic nitrogens is 2. The molecule has 2 aromatic rings. The maximum absolute atomic E-state index is 13.3. The normalized spacial score (nSPS) is 21.4. The lowest BCUT2D eigenvalue weighted by atomic mass is 9.99. The van der Waals surface area contributed by atoms with Crippen LogP contribution in [0.25, 0.3) is 11.3 Å². The molecule has 0 radical (unpaired) electrons. The van der Waals surface area contributed by atoms with E-state index >= 15 is 0 Å². The number of benzene rings is 1. The van der Waals surface area contributed by atoms with Crippen molar-refractivity contribution in [2.24, 2.45) is 5.73 Å². The molecular formula is C20H25N5O3. The number of carbonyl (C=O) groups is 2. The van der Waals surface area contributed by atoms with E-state index in [9.17, 15) is 14.7 Å². The number of hydrogen-bond donors (Lipinski definition) is 3. The molecular weight excluding hydrogens is 358 g/mol. The zero-order valence-electron chi connectivity index (χ0n) is 16.1. The van der Waals surface area contributed by atoms with Crippen molar-refractivity contribution in [3.05, 3.63) is 35.5 Å². The molecule has 3 heterocycles. The van der Waals surface area contributed by atoms with Crippen molar-refractivity contribution in [2.75, 3.05) is 18.0 Å². The SMILES string of the molecule is CC(C)N1c2c(cc(C(N)=O)cc2-c2ccn[nH]2)CC1C(=O)N1CCC(O)C1. The summed E-state index contributed by atoms with van der Waals surface area (Å²) in [7, 11) is 0. The van der Waals surface area contributed by atoms with Gasteiger partial charge in [0.2, 0.25) is 11.8 Å². The van der Waals surface area contributed by atoms with Crippen molar-refractivity contribution >= 4 is 17.5 Å². The molecule has 0 aliphatic carbocycles. The summed E-state index contributed by atoms with van der Waals surface area (Å²) < 4.78 is 0. The van der Waals surface area contributed by atoms with Gasteiger partial charge in [0.15, 0.2) is 0 Å². The van der Waals surface area contributed by atoms with Crippen molar-refractivity contribution in [1.82, 2.24) is 15.1 Å². The van der Waals surface area contributed by atoms with Gasteiger partial charge in [-0.1, -0.05) is 0 Å². The summed E-state index contributed by atoms with van der Waals surface area (Å²) in [5, 5.41) is 16.8. The van der Waals surface area contributed by atoms with Gasteiger partial charge < -0.3 is 20.6 Å². The molecule has 1 fully saturated rings. The van der Waals surface area contributed by atoms with Crippen LogP contribution in [0.3, 0.4) is 0 Å².